The molecular weight excluding hydrogens is 365 g/mol. The van der Waals surface area contributed by atoms with Crippen LogP contribution in [-0.4, -0.2) is 27.4 Å². The molecule has 7 heteroatoms. The smallest absolute Gasteiger partial charge is 0.262 e. The fourth-order valence-corrected chi connectivity index (χ4v) is 3.12. The van der Waals surface area contributed by atoms with Crippen molar-refractivity contribution >= 4 is 29.0 Å². The molecule has 0 saturated heterocycles. The number of carbonyl (C=O) groups is 1. The Hall–Kier alpha value is -3.06. The van der Waals surface area contributed by atoms with Crippen LogP contribution in [0.15, 0.2) is 59.9 Å². The Bertz CT molecular complexity index is 1150. The number of nitrogens with zero attached hydrogens (tertiary/aromatic N) is 2. The highest BCUT2D eigenvalue weighted by Gasteiger charge is 2.15. The summed E-state index contributed by atoms with van der Waals surface area (Å²) in [5.41, 5.74) is 1.05. The average Bonchev–Trinajstić information content (AvgIpc) is 2.65. The number of benzene rings is 2. The summed E-state index contributed by atoms with van der Waals surface area (Å²) in [6, 6.07) is 11.1. The minimum Gasteiger partial charge on any atom is -0.337 e. The van der Waals surface area contributed by atoms with Gasteiger partial charge in [0.2, 0.25) is 0 Å². The molecular formula is C20H18FN3O2S. The van der Waals surface area contributed by atoms with E-state index in [1.54, 1.807) is 49.5 Å². The normalized spacial score (nSPS) is 10.7. The summed E-state index contributed by atoms with van der Waals surface area (Å²) < 4.78 is 15.5. The highest BCUT2D eigenvalue weighted by atomic mass is 32.1. The zero-order valence-electron chi connectivity index (χ0n) is 14.7. The van der Waals surface area contributed by atoms with Gasteiger partial charge in [0.05, 0.1) is 10.9 Å². The Morgan fingerprint density at radius 2 is 2.07 bits per heavy atom. The minimum absolute atomic E-state index is 0.139. The first-order chi connectivity index (χ1) is 12.9. The van der Waals surface area contributed by atoms with Crippen LogP contribution < -0.4 is 5.56 Å². The predicted octanol–water partition coefficient (Wildman–Crippen LogP) is 3.66. The zero-order chi connectivity index (χ0) is 19.6. The Morgan fingerprint density at radius 3 is 2.78 bits per heavy atom. The number of halogens is 1. The first-order valence-corrected chi connectivity index (χ1v) is 8.70. The lowest BCUT2D eigenvalue weighted by Crippen LogP contribution is -2.27. The summed E-state index contributed by atoms with van der Waals surface area (Å²) in [5, 5.41) is 0.429. The minimum atomic E-state index is -0.359. The molecule has 1 heterocycles. The summed E-state index contributed by atoms with van der Waals surface area (Å²) in [7, 11) is 1.60. The second-order valence-electron chi connectivity index (χ2n) is 6.15. The van der Waals surface area contributed by atoms with Gasteiger partial charge < -0.3 is 9.88 Å². The monoisotopic (exact) mass is 383 g/mol. The van der Waals surface area contributed by atoms with Crippen LogP contribution in [0.4, 0.5) is 4.39 Å². The Morgan fingerprint density at radius 1 is 1.33 bits per heavy atom. The molecule has 0 aliphatic heterocycles. The Kier molecular flexibility index (Phi) is 5.32. The summed E-state index contributed by atoms with van der Waals surface area (Å²) in [5.74, 6) is -0.641. The van der Waals surface area contributed by atoms with E-state index in [-0.39, 0.29) is 28.6 Å². The number of fused-ring (bicyclic) bond motifs is 1. The van der Waals surface area contributed by atoms with Crippen LogP contribution in [0, 0.1) is 10.6 Å². The van der Waals surface area contributed by atoms with Gasteiger partial charge in [0.15, 0.2) is 4.77 Å². The number of nitrogens with one attached hydrogen (secondary N) is 1. The first-order valence-electron chi connectivity index (χ1n) is 8.29. The fraction of sp³-hybridized carbons (Fsp3) is 0.150. The van der Waals surface area contributed by atoms with Gasteiger partial charge in [-0.2, -0.15) is 0 Å². The topological polar surface area (TPSA) is 58.1 Å². The molecule has 0 spiro atoms. The van der Waals surface area contributed by atoms with Crippen LogP contribution in [0.2, 0.25) is 0 Å². The second-order valence-corrected chi connectivity index (χ2v) is 6.53. The molecule has 3 aromatic rings. The van der Waals surface area contributed by atoms with Crippen molar-refractivity contribution in [2.24, 2.45) is 0 Å². The molecule has 5 nitrogen and oxygen atoms in total. The quantitative estimate of drug-likeness (QED) is 0.540. The second kappa shape index (κ2) is 7.67. The highest BCUT2D eigenvalue weighted by Crippen LogP contribution is 2.15. The molecule has 0 saturated carbocycles. The van der Waals surface area contributed by atoms with Crippen molar-refractivity contribution in [2.75, 3.05) is 7.05 Å². The van der Waals surface area contributed by atoms with Gasteiger partial charge in [-0.15, -0.1) is 6.58 Å². The molecule has 0 radical (unpaired) electrons. The molecule has 2 aromatic carbocycles. The SMILES string of the molecule is C=CCn1c(=S)[nH]c2cc(C(=O)N(C)Cc3ccccc3F)ccc2c1=O. The Labute approximate surface area is 160 Å². The zero-order valence-corrected chi connectivity index (χ0v) is 15.6. The van der Waals surface area contributed by atoms with Crippen LogP contribution in [0.5, 0.6) is 0 Å². The molecule has 138 valence electrons. The van der Waals surface area contributed by atoms with Gasteiger partial charge in [-0.05, 0) is 36.5 Å². The maximum atomic E-state index is 13.8. The number of aromatic nitrogens is 2. The van der Waals surface area contributed by atoms with Crippen LogP contribution >= 0.6 is 12.2 Å². The molecule has 1 aromatic heterocycles. The van der Waals surface area contributed by atoms with Gasteiger partial charge in [0.1, 0.15) is 5.82 Å². The van der Waals surface area contributed by atoms with Crippen molar-refractivity contribution in [3.8, 4) is 0 Å². The molecule has 3 rings (SSSR count). The van der Waals surface area contributed by atoms with Crippen LogP contribution in [0.1, 0.15) is 15.9 Å². The number of carbonyl (C=O) groups excluding carboxylic acids is 1. The van der Waals surface area contributed by atoms with E-state index in [1.807, 2.05) is 0 Å². The van der Waals surface area contributed by atoms with E-state index in [0.717, 1.165) is 0 Å². The number of H-pyrrole nitrogens is 1. The van der Waals surface area contributed by atoms with Crippen LogP contribution in [0.3, 0.4) is 0 Å². The van der Waals surface area contributed by atoms with Crippen molar-refractivity contribution in [1.29, 1.82) is 0 Å². The third-order valence-corrected chi connectivity index (χ3v) is 4.58. The van der Waals surface area contributed by atoms with Crippen LogP contribution in [-0.2, 0) is 13.1 Å². The van der Waals surface area contributed by atoms with E-state index in [0.29, 0.717) is 28.6 Å². The van der Waals surface area contributed by atoms with Crippen molar-refractivity contribution in [2.45, 2.75) is 13.1 Å². The number of amides is 1. The number of hydrogen-bond donors (Lipinski definition) is 1. The molecule has 1 N–H and O–H groups in total. The number of aromatic amines is 1. The molecule has 0 fully saturated rings. The maximum absolute atomic E-state index is 13.8. The number of allylic oxidation sites excluding steroid dienone is 1. The van der Waals surface area contributed by atoms with Crippen molar-refractivity contribution in [3.63, 3.8) is 0 Å². The van der Waals surface area contributed by atoms with Gasteiger partial charge >= 0.3 is 0 Å². The lowest BCUT2D eigenvalue weighted by atomic mass is 10.1. The van der Waals surface area contributed by atoms with Crippen molar-refractivity contribution < 1.29 is 9.18 Å². The van der Waals surface area contributed by atoms with Crippen molar-refractivity contribution in [3.05, 3.63) is 87.2 Å². The van der Waals surface area contributed by atoms with E-state index in [2.05, 4.69) is 11.6 Å². The Balaban J connectivity index is 1.95. The summed E-state index contributed by atoms with van der Waals surface area (Å²) in [6.07, 6.45) is 1.59. The summed E-state index contributed by atoms with van der Waals surface area (Å²) in [4.78, 5) is 29.6. The van der Waals surface area contributed by atoms with Gasteiger partial charge in [0.25, 0.3) is 11.5 Å². The fourth-order valence-electron chi connectivity index (χ4n) is 2.86. The third-order valence-electron chi connectivity index (χ3n) is 4.25. The number of rotatable bonds is 5. The van der Waals surface area contributed by atoms with Crippen molar-refractivity contribution in [1.82, 2.24) is 14.5 Å². The molecule has 0 aliphatic rings. The van der Waals surface area contributed by atoms with Gasteiger partial charge in [-0.1, -0.05) is 24.3 Å². The van der Waals surface area contributed by atoms with Gasteiger partial charge in [-0.3, -0.25) is 14.2 Å². The van der Waals surface area contributed by atoms with E-state index in [1.165, 1.54) is 15.5 Å². The molecule has 1 amide bonds. The average molecular weight is 383 g/mol. The molecule has 0 bridgehead atoms. The van der Waals surface area contributed by atoms with E-state index in [9.17, 15) is 14.0 Å². The highest BCUT2D eigenvalue weighted by molar-refractivity contribution is 7.71. The standard InChI is InChI=1S/C20H18FN3O2S/c1-3-10-24-19(26)15-9-8-13(11-17(15)22-20(24)27)18(25)23(2)12-14-6-4-5-7-16(14)21/h3-9,11H,1,10,12H2,2H3,(H,22,27). The lowest BCUT2D eigenvalue weighted by Gasteiger charge is -2.18. The molecule has 0 unspecified atom stereocenters. The van der Waals surface area contributed by atoms with E-state index >= 15 is 0 Å². The number of hydrogen-bond acceptors (Lipinski definition) is 3. The van der Waals surface area contributed by atoms with E-state index < -0.39 is 0 Å². The molecule has 27 heavy (non-hydrogen) atoms. The van der Waals surface area contributed by atoms with Crippen LogP contribution in [0.25, 0.3) is 10.9 Å². The van der Waals surface area contributed by atoms with E-state index in [4.69, 9.17) is 12.2 Å². The van der Waals surface area contributed by atoms with Gasteiger partial charge in [0, 0.05) is 31.3 Å². The summed E-state index contributed by atoms with van der Waals surface area (Å²) in [6.45, 7) is 4.06. The summed E-state index contributed by atoms with van der Waals surface area (Å²) >= 11 is 5.22. The largest absolute Gasteiger partial charge is 0.337 e. The lowest BCUT2D eigenvalue weighted by molar-refractivity contribution is 0.0784. The first kappa shape index (κ1) is 18.7. The third kappa shape index (κ3) is 3.73. The maximum Gasteiger partial charge on any atom is 0.262 e. The molecule has 0 atom stereocenters. The van der Waals surface area contributed by atoms with Gasteiger partial charge in [-0.25, -0.2) is 4.39 Å². The molecule has 0 aliphatic carbocycles. The predicted molar refractivity (Wildman–Crippen MR) is 106 cm³/mol.